The Morgan fingerprint density at radius 3 is 2.25 bits per heavy atom. The Hall–Kier alpha value is -1.99. The molecule has 1 amide bonds. The van der Waals surface area contributed by atoms with Gasteiger partial charge in [0.15, 0.2) is 0 Å². The van der Waals surface area contributed by atoms with E-state index in [4.69, 9.17) is 40.5 Å². The topological polar surface area (TPSA) is 80.9 Å². The van der Waals surface area contributed by atoms with Crippen LogP contribution in [0.15, 0.2) is 47.6 Å². The molecule has 2 aromatic carbocycles. The molecule has 0 atom stereocenters. The molecule has 0 aliphatic carbocycles. The number of aromatic nitrogens is 2. The van der Waals surface area contributed by atoms with Crippen molar-refractivity contribution in [3.8, 4) is 0 Å². The molecule has 0 saturated carbocycles. The van der Waals surface area contributed by atoms with Crippen molar-refractivity contribution < 1.29 is 4.79 Å². The van der Waals surface area contributed by atoms with Gasteiger partial charge in [-0.2, -0.15) is 0 Å². The van der Waals surface area contributed by atoms with Crippen LogP contribution in [-0.2, 0) is 4.79 Å². The van der Waals surface area contributed by atoms with E-state index < -0.39 is 0 Å². The summed E-state index contributed by atoms with van der Waals surface area (Å²) >= 11 is 18.3. The Bertz CT molecular complexity index is 1000. The van der Waals surface area contributed by atoms with Gasteiger partial charge in [0.25, 0.3) is 5.91 Å². The number of nitrogens with two attached hydrogens (primary N) is 1. The number of hydrogen-bond acceptors (Lipinski definition) is 5. The van der Waals surface area contributed by atoms with Gasteiger partial charge < -0.3 is 11.1 Å². The molecule has 0 radical (unpaired) electrons. The zero-order chi connectivity index (χ0) is 20.7. The van der Waals surface area contributed by atoms with Gasteiger partial charge in [-0.1, -0.05) is 40.9 Å². The lowest BCUT2D eigenvalue weighted by molar-refractivity contribution is -0.116. The first kappa shape index (κ1) is 22.3. The lowest BCUT2D eigenvalue weighted by Crippen LogP contribution is -2.18. The minimum atomic E-state index is -0.0817. The van der Waals surface area contributed by atoms with Gasteiger partial charge in [0.05, 0.1) is 31.7 Å². The first-order valence-electron chi connectivity index (χ1n) is 7.94. The maximum absolute atomic E-state index is 11.6. The zero-order valence-corrected chi connectivity index (χ0v) is 18.1. The van der Waals surface area contributed by atoms with Crippen LogP contribution in [0.3, 0.4) is 0 Å². The van der Waals surface area contributed by atoms with Gasteiger partial charge in [0.1, 0.15) is 0 Å². The molecule has 9 heteroatoms. The van der Waals surface area contributed by atoms with Gasteiger partial charge in [-0.25, -0.2) is 0 Å². The maximum Gasteiger partial charge on any atom is 0.257 e. The summed E-state index contributed by atoms with van der Waals surface area (Å²) in [5, 5.41) is 3.88. The number of likely N-dealkylation sites (N-methyl/N-ethyl adjacent to an activating group) is 1. The smallest absolute Gasteiger partial charge is 0.257 e. The van der Waals surface area contributed by atoms with Crippen LogP contribution in [0, 0.1) is 0 Å². The van der Waals surface area contributed by atoms with Gasteiger partial charge in [0.2, 0.25) is 0 Å². The van der Waals surface area contributed by atoms with E-state index in [9.17, 15) is 4.79 Å². The van der Waals surface area contributed by atoms with Crippen molar-refractivity contribution in [2.24, 2.45) is 0 Å². The average molecular weight is 456 g/mol. The molecule has 0 aliphatic rings. The molecule has 146 valence electrons. The molecular weight excluding hydrogens is 439 g/mol. The van der Waals surface area contributed by atoms with Gasteiger partial charge in [0, 0.05) is 24.5 Å². The molecule has 1 heterocycles. The summed E-state index contributed by atoms with van der Waals surface area (Å²) in [6.45, 7) is 0. The van der Waals surface area contributed by atoms with Crippen LogP contribution in [0.5, 0.6) is 0 Å². The SMILES string of the molecule is CNC(=O)/C(=C/c1ccc2nccnc2c1)SC.Nc1c(Cl)cc(Cl)cc1Cl. The first-order chi connectivity index (χ1) is 13.3. The highest BCUT2D eigenvalue weighted by atomic mass is 35.5. The van der Waals surface area contributed by atoms with E-state index in [2.05, 4.69) is 15.3 Å². The van der Waals surface area contributed by atoms with Gasteiger partial charge in [-0.3, -0.25) is 14.8 Å². The molecule has 3 rings (SSSR count). The quantitative estimate of drug-likeness (QED) is 0.413. The van der Waals surface area contributed by atoms with Crippen LogP contribution < -0.4 is 11.1 Å². The second kappa shape index (κ2) is 10.5. The van der Waals surface area contributed by atoms with E-state index in [-0.39, 0.29) is 5.91 Å². The number of nitrogens with one attached hydrogen (secondary N) is 1. The monoisotopic (exact) mass is 454 g/mol. The fraction of sp³-hybridized carbons (Fsp3) is 0.105. The summed E-state index contributed by atoms with van der Waals surface area (Å²) in [5.74, 6) is -0.0817. The number of carbonyl (C=O) groups excluding carboxylic acids is 1. The third-order valence-electron chi connectivity index (χ3n) is 3.51. The number of fused-ring (bicyclic) bond motifs is 1. The normalized spacial score (nSPS) is 11.0. The molecule has 0 bridgehead atoms. The van der Waals surface area contributed by atoms with E-state index in [0.717, 1.165) is 16.6 Å². The van der Waals surface area contributed by atoms with E-state index in [1.165, 1.54) is 11.8 Å². The Kier molecular flexibility index (Phi) is 8.38. The fourth-order valence-electron chi connectivity index (χ4n) is 2.12. The molecule has 0 saturated heterocycles. The Balaban J connectivity index is 0.000000237. The predicted octanol–water partition coefficient (Wildman–Crippen LogP) is 5.31. The number of halogens is 3. The summed E-state index contributed by atoms with van der Waals surface area (Å²) in [7, 11) is 1.62. The minimum absolute atomic E-state index is 0.0817. The first-order valence-corrected chi connectivity index (χ1v) is 10.3. The van der Waals surface area contributed by atoms with Crippen LogP contribution in [0.1, 0.15) is 5.56 Å². The third kappa shape index (κ3) is 6.01. The molecule has 0 aliphatic heterocycles. The van der Waals surface area contributed by atoms with Crippen LogP contribution >= 0.6 is 46.6 Å². The largest absolute Gasteiger partial charge is 0.396 e. The Morgan fingerprint density at radius 2 is 1.68 bits per heavy atom. The van der Waals surface area contributed by atoms with E-state index in [0.29, 0.717) is 25.7 Å². The molecule has 3 aromatic rings. The van der Waals surface area contributed by atoms with E-state index >= 15 is 0 Å². The maximum atomic E-state index is 11.6. The highest BCUT2D eigenvalue weighted by Crippen LogP contribution is 2.30. The number of anilines is 1. The molecule has 5 nitrogen and oxygen atoms in total. The van der Waals surface area contributed by atoms with Crippen molar-refractivity contribution in [3.63, 3.8) is 0 Å². The minimum Gasteiger partial charge on any atom is -0.396 e. The number of benzene rings is 2. The highest BCUT2D eigenvalue weighted by molar-refractivity contribution is 8.03. The van der Waals surface area contributed by atoms with Gasteiger partial charge in [-0.05, 0) is 42.2 Å². The summed E-state index contributed by atoms with van der Waals surface area (Å²) in [4.78, 5) is 20.7. The van der Waals surface area contributed by atoms with Crippen LogP contribution in [-0.4, -0.2) is 29.2 Å². The lowest BCUT2D eigenvalue weighted by atomic mass is 10.2. The summed E-state index contributed by atoms with van der Waals surface area (Å²) in [6, 6.07) is 8.84. The van der Waals surface area contributed by atoms with E-state index in [1.807, 2.05) is 30.5 Å². The molecule has 0 spiro atoms. The molecular formula is C19H17Cl3N4OS. The van der Waals surface area contributed by atoms with Crippen molar-refractivity contribution >= 4 is 75.3 Å². The summed E-state index contributed by atoms with van der Waals surface area (Å²) < 4.78 is 0. The summed E-state index contributed by atoms with van der Waals surface area (Å²) in [6.07, 6.45) is 7.04. The number of thioether (sulfide) groups is 1. The number of nitrogen functional groups attached to an aromatic ring is 1. The van der Waals surface area contributed by atoms with Crippen molar-refractivity contribution in [1.29, 1.82) is 0 Å². The van der Waals surface area contributed by atoms with Crippen LogP contribution in [0.25, 0.3) is 17.1 Å². The molecule has 0 fully saturated rings. The van der Waals surface area contributed by atoms with Crippen molar-refractivity contribution in [2.45, 2.75) is 0 Å². The number of rotatable bonds is 3. The highest BCUT2D eigenvalue weighted by Gasteiger charge is 2.06. The lowest BCUT2D eigenvalue weighted by Gasteiger charge is -2.03. The van der Waals surface area contributed by atoms with Crippen molar-refractivity contribution in [3.05, 3.63) is 68.3 Å². The van der Waals surface area contributed by atoms with Gasteiger partial charge in [-0.15, -0.1) is 11.8 Å². The van der Waals surface area contributed by atoms with Crippen LogP contribution in [0.4, 0.5) is 5.69 Å². The third-order valence-corrected chi connectivity index (χ3v) is 5.09. The number of carbonyl (C=O) groups is 1. The van der Waals surface area contributed by atoms with Crippen molar-refractivity contribution in [1.82, 2.24) is 15.3 Å². The number of amides is 1. The van der Waals surface area contributed by atoms with Gasteiger partial charge >= 0.3 is 0 Å². The molecule has 0 unspecified atom stereocenters. The van der Waals surface area contributed by atoms with Crippen LogP contribution in [0.2, 0.25) is 15.1 Å². The van der Waals surface area contributed by atoms with Crippen molar-refractivity contribution in [2.75, 3.05) is 19.0 Å². The number of nitrogens with zero attached hydrogens (tertiary/aromatic N) is 2. The Labute approximate surface area is 182 Å². The predicted molar refractivity (Wildman–Crippen MR) is 121 cm³/mol. The molecule has 28 heavy (non-hydrogen) atoms. The summed E-state index contributed by atoms with van der Waals surface area (Å²) in [5.41, 5.74) is 8.41. The Morgan fingerprint density at radius 1 is 1.07 bits per heavy atom. The standard InChI is InChI=1S/C13H13N3OS.C6H4Cl3N/c1-14-13(17)12(18-2)8-9-3-4-10-11(7-9)16-6-5-15-10;7-3-1-4(8)6(10)5(9)2-3/h3-8H,1-2H3,(H,14,17);1-2H,10H2/b12-8-;. The number of hydrogen-bond donors (Lipinski definition) is 2. The fourth-order valence-corrected chi connectivity index (χ4v) is 3.47. The second-order valence-corrected chi connectivity index (χ2v) is 7.48. The second-order valence-electron chi connectivity index (χ2n) is 5.38. The molecule has 3 N–H and O–H groups in total. The molecule has 1 aromatic heterocycles. The zero-order valence-electron chi connectivity index (χ0n) is 15.0. The average Bonchev–Trinajstić information content (AvgIpc) is 2.70. The van der Waals surface area contributed by atoms with E-state index in [1.54, 1.807) is 31.6 Å².